The summed E-state index contributed by atoms with van der Waals surface area (Å²) in [6.45, 7) is 2.64. The standard InChI is InChI=1S/2C2H3O.2ClH.Ru/c2*1-2-3;;;/h2*1H3;2*1H;/q2*-1;;;+4/p-2. The van der Waals surface area contributed by atoms with Crippen LogP contribution >= 0.6 is 19.4 Å². The third kappa shape index (κ3) is 1240. The molecule has 0 bridgehead atoms. The fraction of sp³-hybridized carbons (Fsp3) is 0.500. The Morgan fingerprint density at radius 3 is 1.11 bits per heavy atom. The summed E-state index contributed by atoms with van der Waals surface area (Å²) in [5.74, 6) is 0. The molecule has 0 fully saturated rings. The van der Waals surface area contributed by atoms with Gasteiger partial charge in [-0.25, -0.2) is 0 Å². The van der Waals surface area contributed by atoms with E-state index in [2.05, 4.69) is 0 Å². The molecule has 0 atom stereocenters. The van der Waals surface area contributed by atoms with Crippen LogP contribution < -0.4 is 0 Å². The molecular formula is C4H6Cl2O2Ru. The fourth-order valence-electron chi connectivity index (χ4n) is 0. The molecule has 0 heterocycles. The molecule has 0 N–H and O–H groups in total. The quantitative estimate of drug-likeness (QED) is 0.488. The number of halogens is 2. The summed E-state index contributed by atoms with van der Waals surface area (Å²) >= 11 is -0.346. The van der Waals surface area contributed by atoms with Gasteiger partial charge in [0.15, 0.2) is 0 Å². The Kier molecular flexibility index (Phi) is 70.0. The maximum absolute atomic E-state index is 8.68. The molecule has 2 nitrogen and oxygen atoms in total. The van der Waals surface area contributed by atoms with Crippen LogP contribution in [0.15, 0.2) is 0 Å². The van der Waals surface area contributed by atoms with E-state index in [0.717, 1.165) is 0 Å². The molecule has 0 aromatic carbocycles. The van der Waals surface area contributed by atoms with E-state index >= 15 is 0 Å². The van der Waals surface area contributed by atoms with Crippen LogP contribution in [0.3, 0.4) is 0 Å². The molecule has 56 valence electrons. The van der Waals surface area contributed by atoms with Gasteiger partial charge in [0, 0.05) is 0 Å². The second-order valence-electron chi connectivity index (χ2n) is 0.459. The Labute approximate surface area is 70.6 Å². The summed E-state index contributed by atoms with van der Waals surface area (Å²) in [5, 5.41) is 0. The summed E-state index contributed by atoms with van der Waals surface area (Å²) in [7, 11) is 9.71. The van der Waals surface area contributed by atoms with Gasteiger partial charge in [-0.1, -0.05) is 0 Å². The van der Waals surface area contributed by atoms with E-state index in [1.165, 1.54) is 26.4 Å². The van der Waals surface area contributed by atoms with Crippen molar-refractivity contribution in [3.05, 3.63) is 0 Å². The Morgan fingerprint density at radius 1 is 1.11 bits per heavy atom. The predicted molar refractivity (Wildman–Crippen MR) is 34.4 cm³/mol. The number of hydrogen-bond donors (Lipinski definition) is 0. The van der Waals surface area contributed by atoms with Crippen molar-refractivity contribution in [1.82, 2.24) is 0 Å². The SMILES string of the molecule is C[C-]=O.C[C-]=O.[Cl][Ru+2][Cl]. The first-order valence-electron chi connectivity index (χ1n) is 1.68. The number of rotatable bonds is 0. The molecule has 0 unspecified atom stereocenters. The van der Waals surface area contributed by atoms with Gasteiger partial charge in [0.2, 0.25) is 0 Å². The van der Waals surface area contributed by atoms with Crippen molar-refractivity contribution in [2.75, 3.05) is 0 Å². The third-order valence-electron chi connectivity index (χ3n) is 0. The van der Waals surface area contributed by atoms with Gasteiger partial charge < -0.3 is 9.59 Å². The Hall–Kier alpha value is 0.543. The van der Waals surface area contributed by atoms with Crippen molar-refractivity contribution in [3.63, 3.8) is 0 Å². The molecule has 0 aliphatic carbocycles. The van der Waals surface area contributed by atoms with Crippen molar-refractivity contribution < 1.29 is 24.7 Å². The van der Waals surface area contributed by atoms with Gasteiger partial charge in [0.1, 0.15) is 0 Å². The van der Waals surface area contributed by atoms with Crippen LogP contribution in [0.1, 0.15) is 13.8 Å². The van der Waals surface area contributed by atoms with E-state index < -0.39 is 0 Å². The van der Waals surface area contributed by atoms with Crippen molar-refractivity contribution in [2.24, 2.45) is 0 Å². The van der Waals surface area contributed by atoms with Crippen LogP contribution in [0.25, 0.3) is 0 Å². The van der Waals surface area contributed by atoms with Crippen LogP contribution in [-0.2, 0) is 24.7 Å². The van der Waals surface area contributed by atoms with E-state index in [4.69, 9.17) is 29.0 Å². The molecule has 9 heavy (non-hydrogen) atoms. The van der Waals surface area contributed by atoms with Crippen molar-refractivity contribution in [1.29, 1.82) is 0 Å². The molecule has 0 radical (unpaired) electrons. The van der Waals surface area contributed by atoms with Crippen LogP contribution in [0.2, 0.25) is 0 Å². The zero-order valence-electron chi connectivity index (χ0n) is 4.93. The van der Waals surface area contributed by atoms with Gasteiger partial charge in [-0.2, -0.15) is 13.8 Å². The van der Waals surface area contributed by atoms with Gasteiger partial charge in [-0.15, -0.1) is 0 Å². The van der Waals surface area contributed by atoms with E-state index in [-0.39, 0.29) is 15.1 Å². The molecule has 0 amide bonds. The van der Waals surface area contributed by atoms with E-state index in [1.54, 1.807) is 0 Å². The predicted octanol–water partition coefficient (Wildman–Crippen LogP) is 1.61. The average Bonchev–Trinajstić information content (AvgIpc) is 1.70. The minimum atomic E-state index is -0.346. The average molecular weight is 258 g/mol. The van der Waals surface area contributed by atoms with Crippen LogP contribution in [0.4, 0.5) is 0 Å². The second-order valence-corrected chi connectivity index (χ2v) is 3.10. The summed E-state index contributed by atoms with van der Waals surface area (Å²) in [4.78, 5) is 17.4. The van der Waals surface area contributed by atoms with Crippen molar-refractivity contribution in [2.45, 2.75) is 13.8 Å². The van der Waals surface area contributed by atoms with Crippen molar-refractivity contribution in [3.8, 4) is 0 Å². The van der Waals surface area contributed by atoms with Gasteiger partial charge in [0.05, 0.1) is 0 Å². The molecule has 0 aromatic heterocycles. The first-order valence-corrected chi connectivity index (χ1v) is 6.15. The molecule has 0 spiro atoms. The first-order chi connectivity index (χ1) is 4.24. The molecule has 0 aliphatic heterocycles. The van der Waals surface area contributed by atoms with Crippen molar-refractivity contribution >= 4 is 32.0 Å². The third-order valence-corrected chi connectivity index (χ3v) is 0. The summed E-state index contributed by atoms with van der Waals surface area (Å²) in [6.07, 6.45) is 3.00. The molecule has 0 saturated heterocycles. The summed E-state index contributed by atoms with van der Waals surface area (Å²) in [6, 6.07) is 0. The minimum absolute atomic E-state index is 0.346. The Bertz CT molecular complexity index is 45.8. The number of hydrogen-bond acceptors (Lipinski definition) is 2. The van der Waals surface area contributed by atoms with Gasteiger partial charge in [-0.3, -0.25) is 12.6 Å². The zero-order valence-corrected chi connectivity index (χ0v) is 8.18. The molecule has 0 aliphatic rings. The van der Waals surface area contributed by atoms with Gasteiger partial charge in [-0.05, 0) is 0 Å². The normalized spacial score (nSPS) is 4.89. The maximum atomic E-state index is 8.68. The van der Waals surface area contributed by atoms with E-state index in [9.17, 15) is 0 Å². The van der Waals surface area contributed by atoms with Gasteiger partial charge in [0.25, 0.3) is 0 Å². The molecule has 0 rings (SSSR count). The molecule has 5 heteroatoms. The topological polar surface area (TPSA) is 34.1 Å². The Morgan fingerprint density at radius 2 is 1.11 bits per heavy atom. The second kappa shape index (κ2) is 38.7. The summed E-state index contributed by atoms with van der Waals surface area (Å²) < 4.78 is 0. The molecular weight excluding hydrogens is 252 g/mol. The molecule has 0 aromatic rings. The van der Waals surface area contributed by atoms with Gasteiger partial charge >= 0.3 is 34.5 Å². The monoisotopic (exact) mass is 258 g/mol. The summed E-state index contributed by atoms with van der Waals surface area (Å²) in [5.41, 5.74) is 0. The van der Waals surface area contributed by atoms with Crippen LogP contribution in [0.5, 0.6) is 0 Å². The number of carbonyl (C=O) groups excluding carboxylic acids is 2. The van der Waals surface area contributed by atoms with E-state index in [0.29, 0.717) is 0 Å². The van der Waals surface area contributed by atoms with Crippen LogP contribution in [0, 0.1) is 0 Å². The Balaban J connectivity index is -0.0000000600. The van der Waals surface area contributed by atoms with Crippen LogP contribution in [-0.4, -0.2) is 12.6 Å². The molecule has 0 saturated carbocycles. The fourth-order valence-corrected chi connectivity index (χ4v) is 0. The first kappa shape index (κ1) is 16.3. The zero-order chi connectivity index (χ0) is 8.12. The van der Waals surface area contributed by atoms with E-state index in [1.807, 2.05) is 0 Å².